The molecule has 1 aromatic rings. The number of aryl methyl sites for hydroxylation is 1. The maximum atomic E-state index is 4.30. The summed E-state index contributed by atoms with van der Waals surface area (Å²) in [7, 11) is 0. The Kier molecular flexibility index (Phi) is 3.63. The lowest BCUT2D eigenvalue weighted by Gasteiger charge is -2.01. The van der Waals surface area contributed by atoms with Gasteiger partial charge < -0.3 is 0 Å². The second kappa shape index (κ2) is 4.75. The summed E-state index contributed by atoms with van der Waals surface area (Å²) in [5.41, 5.74) is 3.18. The molecule has 0 aliphatic carbocycles. The minimum atomic E-state index is 0.470. The molecule has 0 bridgehead atoms. The Morgan fingerprint density at radius 1 is 1.29 bits per heavy atom. The van der Waals surface area contributed by atoms with E-state index in [4.69, 9.17) is 0 Å². The Morgan fingerprint density at radius 2 is 1.86 bits per heavy atom. The summed E-state index contributed by atoms with van der Waals surface area (Å²) in [6.45, 7) is 10.2. The molecule has 0 heterocycles. The monoisotopic (exact) mass is 187 g/mol. The molecule has 0 amide bonds. The minimum absolute atomic E-state index is 0.470. The van der Waals surface area contributed by atoms with E-state index in [9.17, 15) is 0 Å². The summed E-state index contributed by atoms with van der Waals surface area (Å²) in [4.78, 5) is 4.30. The fourth-order valence-corrected chi connectivity index (χ4v) is 1.06. The number of hydrogen-bond acceptors (Lipinski definition) is 1. The predicted molar refractivity (Wildman–Crippen MR) is 63.5 cm³/mol. The summed E-state index contributed by atoms with van der Waals surface area (Å²) >= 11 is 0. The van der Waals surface area contributed by atoms with Crippen LogP contribution < -0.4 is 0 Å². The Morgan fingerprint density at radius 3 is 2.36 bits per heavy atom. The third kappa shape index (κ3) is 3.17. The van der Waals surface area contributed by atoms with Gasteiger partial charge in [-0.05, 0) is 18.4 Å². The van der Waals surface area contributed by atoms with Crippen LogP contribution in [0.4, 0.5) is 0 Å². The first kappa shape index (κ1) is 10.7. The van der Waals surface area contributed by atoms with Crippen LogP contribution in [0, 0.1) is 12.8 Å². The van der Waals surface area contributed by atoms with Gasteiger partial charge >= 0.3 is 0 Å². The highest BCUT2D eigenvalue weighted by Crippen LogP contribution is 2.14. The van der Waals surface area contributed by atoms with Crippen molar-refractivity contribution in [2.75, 3.05) is 0 Å². The third-order valence-corrected chi connectivity index (χ3v) is 1.91. The van der Waals surface area contributed by atoms with Gasteiger partial charge in [0.25, 0.3) is 0 Å². The molecule has 0 atom stereocenters. The van der Waals surface area contributed by atoms with E-state index in [-0.39, 0.29) is 0 Å². The zero-order chi connectivity index (χ0) is 10.6. The van der Waals surface area contributed by atoms with Gasteiger partial charge in [-0.1, -0.05) is 50.3 Å². The third-order valence-electron chi connectivity index (χ3n) is 1.91. The molecule has 0 saturated heterocycles. The van der Waals surface area contributed by atoms with Crippen LogP contribution >= 0.6 is 0 Å². The first-order valence-electron chi connectivity index (χ1n) is 4.89. The molecule has 0 saturated carbocycles. The molecule has 1 aromatic carbocycles. The minimum Gasteiger partial charge on any atom is -0.261 e. The highest BCUT2D eigenvalue weighted by atomic mass is 14.7. The second-order valence-corrected chi connectivity index (χ2v) is 3.83. The number of hydrogen-bond donors (Lipinski definition) is 0. The van der Waals surface area contributed by atoms with Crippen molar-refractivity contribution in [2.24, 2.45) is 10.9 Å². The zero-order valence-electron chi connectivity index (χ0n) is 9.12. The Labute approximate surface area is 86.2 Å². The van der Waals surface area contributed by atoms with Gasteiger partial charge in [-0.25, -0.2) is 0 Å². The molecular formula is C13H17N. The van der Waals surface area contributed by atoms with E-state index >= 15 is 0 Å². The number of rotatable bonds is 3. The van der Waals surface area contributed by atoms with Gasteiger partial charge in [-0.3, -0.25) is 4.99 Å². The summed E-state index contributed by atoms with van der Waals surface area (Å²) in [6, 6.07) is 8.25. The normalized spacial score (nSPS) is 11.1. The van der Waals surface area contributed by atoms with Crippen molar-refractivity contribution < 1.29 is 0 Å². The van der Waals surface area contributed by atoms with E-state index in [1.54, 1.807) is 0 Å². The van der Waals surface area contributed by atoms with Crippen molar-refractivity contribution in [2.45, 2.75) is 20.8 Å². The van der Waals surface area contributed by atoms with Gasteiger partial charge in [-0.15, -0.1) is 0 Å². The van der Waals surface area contributed by atoms with Crippen LogP contribution in [-0.2, 0) is 0 Å². The van der Waals surface area contributed by atoms with Crippen molar-refractivity contribution in [1.82, 2.24) is 0 Å². The summed E-state index contributed by atoms with van der Waals surface area (Å²) in [5.74, 6) is 0.470. The zero-order valence-corrected chi connectivity index (χ0v) is 9.12. The molecule has 1 nitrogen and oxygen atoms in total. The van der Waals surface area contributed by atoms with Gasteiger partial charge in [-0.2, -0.15) is 0 Å². The van der Waals surface area contributed by atoms with Gasteiger partial charge in [0, 0.05) is 6.21 Å². The Balaban J connectivity index is 2.75. The largest absolute Gasteiger partial charge is 0.261 e. The average Bonchev–Trinajstić information content (AvgIpc) is 2.15. The van der Waals surface area contributed by atoms with Crippen LogP contribution in [0.3, 0.4) is 0 Å². The van der Waals surface area contributed by atoms with Gasteiger partial charge in [0.05, 0.1) is 5.70 Å². The van der Waals surface area contributed by atoms with Crippen molar-refractivity contribution in [3.8, 4) is 0 Å². The van der Waals surface area contributed by atoms with Crippen LogP contribution in [0.25, 0.3) is 5.70 Å². The van der Waals surface area contributed by atoms with Crippen molar-refractivity contribution in [1.29, 1.82) is 0 Å². The topological polar surface area (TPSA) is 12.4 Å². The molecular weight excluding hydrogens is 170 g/mol. The highest BCUT2D eigenvalue weighted by Gasteiger charge is 1.95. The highest BCUT2D eigenvalue weighted by molar-refractivity contribution is 5.73. The molecule has 1 rings (SSSR count). The summed E-state index contributed by atoms with van der Waals surface area (Å²) in [6.07, 6.45) is 1.92. The first-order chi connectivity index (χ1) is 6.59. The number of aliphatic imine (C=N–C) groups is 1. The molecule has 0 aliphatic rings. The fourth-order valence-electron chi connectivity index (χ4n) is 1.06. The van der Waals surface area contributed by atoms with E-state index in [0.29, 0.717) is 5.92 Å². The summed E-state index contributed by atoms with van der Waals surface area (Å²) < 4.78 is 0. The summed E-state index contributed by atoms with van der Waals surface area (Å²) in [5, 5.41) is 0. The van der Waals surface area contributed by atoms with Gasteiger partial charge in [0.1, 0.15) is 0 Å². The van der Waals surface area contributed by atoms with Crippen molar-refractivity contribution in [3.05, 3.63) is 42.0 Å². The van der Waals surface area contributed by atoms with Gasteiger partial charge in [0.2, 0.25) is 0 Å². The first-order valence-corrected chi connectivity index (χ1v) is 4.89. The standard InChI is InChI=1S/C13H17N/c1-10(2)9-14-12(4)13-7-5-11(3)6-8-13/h5-10H,4H2,1-3H3. The SMILES string of the molecule is C=C(N=CC(C)C)c1ccc(C)cc1. The lowest BCUT2D eigenvalue weighted by Crippen LogP contribution is -1.88. The molecule has 0 aliphatic heterocycles. The van der Waals surface area contributed by atoms with Crippen molar-refractivity contribution >= 4 is 11.9 Å². The molecule has 0 radical (unpaired) electrons. The van der Waals surface area contributed by atoms with Gasteiger partial charge in [0.15, 0.2) is 0 Å². The maximum Gasteiger partial charge on any atom is 0.0626 e. The smallest absolute Gasteiger partial charge is 0.0626 e. The van der Waals surface area contributed by atoms with E-state index in [0.717, 1.165) is 11.3 Å². The Hall–Kier alpha value is -1.37. The second-order valence-electron chi connectivity index (χ2n) is 3.83. The number of benzene rings is 1. The van der Waals surface area contributed by atoms with Crippen molar-refractivity contribution in [3.63, 3.8) is 0 Å². The van der Waals surface area contributed by atoms with Crippen LogP contribution in [0.15, 0.2) is 35.8 Å². The van der Waals surface area contributed by atoms with E-state index < -0.39 is 0 Å². The molecule has 0 unspecified atom stereocenters. The van der Waals surface area contributed by atoms with Crippen LogP contribution in [0.2, 0.25) is 0 Å². The quantitative estimate of drug-likeness (QED) is 0.640. The van der Waals surface area contributed by atoms with E-state index in [2.05, 4.69) is 56.6 Å². The molecule has 0 aromatic heterocycles. The molecule has 14 heavy (non-hydrogen) atoms. The molecule has 1 heteroatoms. The lowest BCUT2D eigenvalue weighted by molar-refractivity contribution is 0.908. The lowest BCUT2D eigenvalue weighted by atomic mass is 10.1. The van der Waals surface area contributed by atoms with E-state index in [1.165, 1.54) is 5.56 Å². The molecule has 74 valence electrons. The van der Waals surface area contributed by atoms with Crippen LogP contribution in [0.1, 0.15) is 25.0 Å². The Bertz CT molecular complexity index is 331. The molecule has 0 fully saturated rings. The van der Waals surface area contributed by atoms with E-state index in [1.807, 2.05) is 6.21 Å². The van der Waals surface area contributed by atoms with Crippen LogP contribution in [-0.4, -0.2) is 6.21 Å². The van der Waals surface area contributed by atoms with Crippen LogP contribution in [0.5, 0.6) is 0 Å². The average molecular weight is 187 g/mol. The molecule has 0 spiro atoms. The fraction of sp³-hybridized carbons (Fsp3) is 0.308. The predicted octanol–water partition coefficient (Wildman–Crippen LogP) is 3.69. The number of nitrogens with zero attached hydrogens (tertiary/aromatic N) is 1. The molecule has 0 N–H and O–H groups in total. The maximum absolute atomic E-state index is 4.30.